The topological polar surface area (TPSA) is 79.1 Å². The Hall–Kier alpha value is -4.02. The van der Waals surface area contributed by atoms with Crippen molar-refractivity contribution in [3.8, 4) is 11.5 Å². The van der Waals surface area contributed by atoms with Gasteiger partial charge >= 0.3 is 5.97 Å². The van der Waals surface area contributed by atoms with E-state index in [0.717, 1.165) is 16.7 Å². The molecule has 0 spiro atoms. The van der Waals surface area contributed by atoms with E-state index in [1.165, 1.54) is 30.6 Å². The smallest absolute Gasteiger partial charge is 0.338 e. The van der Waals surface area contributed by atoms with Gasteiger partial charge in [0.25, 0.3) is 5.56 Å². The molecule has 1 aliphatic rings. The minimum Gasteiger partial charge on any atom is -0.493 e. The molecular weight excluding hydrogens is 623 g/mol. The van der Waals surface area contributed by atoms with E-state index in [-0.39, 0.29) is 24.6 Å². The number of aromatic nitrogens is 1. The zero-order chi connectivity index (χ0) is 30.0. The van der Waals surface area contributed by atoms with Crippen LogP contribution in [0, 0.1) is 12.7 Å². The third-order valence-corrected chi connectivity index (χ3v) is 8.33. The predicted molar refractivity (Wildman–Crippen MR) is 163 cm³/mol. The van der Waals surface area contributed by atoms with Crippen LogP contribution in [0.15, 0.2) is 86.2 Å². The second kappa shape index (κ2) is 12.5. The van der Waals surface area contributed by atoms with Gasteiger partial charge in [0.1, 0.15) is 12.4 Å². The van der Waals surface area contributed by atoms with Crippen LogP contribution in [0.1, 0.15) is 42.1 Å². The molecule has 0 aliphatic carbocycles. The van der Waals surface area contributed by atoms with Crippen LogP contribution in [0.5, 0.6) is 11.5 Å². The summed E-state index contributed by atoms with van der Waals surface area (Å²) in [6.07, 6.45) is 1.76. The Morgan fingerprint density at radius 2 is 1.83 bits per heavy atom. The first-order chi connectivity index (χ1) is 20.2. The first-order valence-electron chi connectivity index (χ1n) is 13.2. The molecule has 0 saturated carbocycles. The van der Waals surface area contributed by atoms with Crippen molar-refractivity contribution in [1.82, 2.24) is 4.57 Å². The van der Waals surface area contributed by atoms with E-state index in [4.69, 9.17) is 14.2 Å². The lowest BCUT2D eigenvalue weighted by molar-refractivity contribution is -0.139. The number of methoxy groups -OCH3 is 1. The molecule has 1 aliphatic heterocycles. The van der Waals surface area contributed by atoms with E-state index in [2.05, 4.69) is 20.9 Å². The third kappa shape index (κ3) is 5.96. The number of rotatable bonds is 8. The van der Waals surface area contributed by atoms with E-state index in [1.54, 1.807) is 42.7 Å². The number of carbonyl (C=O) groups is 1. The van der Waals surface area contributed by atoms with Crippen molar-refractivity contribution >= 4 is 39.3 Å². The molecule has 7 nitrogen and oxygen atoms in total. The number of nitrogens with zero attached hydrogens (tertiary/aromatic N) is 2. The highest BCUT2D eigenvalue weighted by Gasteiger charge is 2.33. The molecule has 2 heterocycles. The second-order valence-corrected chi connectivity index (χ2v) is 11.5. The average Bonchev–Trinajstić information content (AvgIpc) is 3.26. The van der Waals surface area contributed by atoms with Gasteiger partial charge < -0.3 is 14.2 Å². The molecule has 0 bridgehead atoms. The fourth-order valence-corrected chi connectivity index (χ4v) is 6.33. The van der Waals surface area contributed by atoms with Crippen LogP contribution in [-0.4, -0.2) is 24.3 Å². The Balaban J connectivity index is 1.56. The molecule has 10 heteroatoms. The molecule has 3 aromatic carbocycles. The molecule has 42 heavy (non-hydrogen) atoms. The first-order valence-corrected chi connectivity index (χ1v) is 14.8. The van der Waals surface area contributed by atoms with Crippen LogP contribution in [-0.2, 0) is 16.1 Å². The summed E-state index contributed by atoms with van der Waals surface area (Å²) in [5.41, 5.74) is 3.94. The van der Waals surface area contributed by atoms with Gasteiger partial charge in [-0.3, -0.25) is 9.36 Å². The molecule has 0 fully saturated rings. The molecule has 216 valence electrons. The van der Waals surface area contributed by atoms with Gasteiger partial charge in [0.05, 0.1) is 40.0 Å². The van der Waals surface area contributed by atoms with Crippen molar-refractivity contribution in [3.63, 3.8) is 0 Å². The van der Waals surface area contributed by atoms with Crippen LogP contribution in [0.25, 0.3) is 6.08 Å². The minimum atomic E-state index is -0.674. The SMILES string of the molecule is CCOC(=O)C1=C(C)N=c2s/c(=C/c3cc(Br)c(OCc4ccc(F)cc4)c(OC)c3)c(=O)n2[C@H]1c1ccc(C)cc1. The fourth-order valence-electron chi connectivity index (χ4n) is 4.71. The van der Waals surface area contributed by atoms with E-state index in [0.29, 0.717) is 42.1 Å². The monoisotopic (exact) mass is 650 g/mol. The summed E-state index contributed by atoms with van der Waals surface area (Å²) < 4.78 is 32.8. The van der Waals surface area contributed by atoms with Crippen LogP contribution < -0.4 is 24.4 Å². The minimum absolute atomic E-state index is 0.209. The normalized spacial score (nSPS) is 14.8. The maximum atomic E-state index is 13.9. The molecule has 0 saturated heterocycles. The molecule has 0 amide bonds. The molecular formula is C32H28BrFN2O5S. The Kier molecular flexibility index (Phi) is 8.74. The van der Waals surface area contributed by atoms with Gasteiger partial charge in [0, 0.05) is 0 Å². The van der Waals surface area contributed by atoms with E-state index < -0.39 is 12.0 Å². The van der Waals surface area contributed by atoms with Crippen LogP contribution in [0.3, 0.4) is 0 Å². The number of carbonyl (C=O) groups excluding carboxylic acids is 1. The van der Waals surface area contributed by atoms with Crippen LogP contribution in [0.2, 0.25) is 0 Å². The highest BCUT2D eigenvalue weighted by molar-refractivity contribution is 9.10. The molecule has 1 atom stereocenters. The number of ether oxygens (including phenoxy) is 3. The zero-order valence-electron chi connectivity index (χ0n) is 23.4. The second-order valence-electron chi connectivity index (χ2n) is 9.66. The lowest BCUT2D eigenvalue weighted by Gasteiger charge is -2.24. The average molecular weight is 652 g/mol. The van der Waals surface area contributed by atoms with Gasteiger partial charge in [-0.2, -0.15) is 0 Å². The lowest BCUT2D eigenvalue weighted by atomic mass is 9.95. The largest absolute Gasteiger partial charge is 0.493 e. The first kappa shape index (κ1) is 29.5. The van der Waals surface area contributed by atoms with Gasteiger partial charge in [-0.15, -0.1) is 0 Å². The standard InChI is InChI=1S/C32H28BrFN2O5S/c1-5-40-31(38)27-19(3)35-32-36(28(27)22-10-6-18(2)7-11-22)30(37)26(42-32)16-21-14-24(33)29(25(15-21)39-4)41-17-20-8-12-23(34)13-9-20/h6-16,28H,5,17H2,1-4H3/b26-16+/t28-/m0/s1. The van der Waals surface area contributed by atoms with Gasteiger partial charge in [-0.05, 0) is 83.7 Å². The van der Waals surface area contributed by atoms with Gasteiger partial charge in [-0.25, -0.2) is 14.2 Å². The van der Waals surface area contributed by atoms with Crippen molar-refractivity contribution in [2.45, 2.75) is 33.4 Å². The summed E-state index contributed by atoms with van der Waals surface area (Å²) in [5.74, 6) is 0.131. The molecule has 4 aromatic rings. The van der Waals surface area contributed by atoms with Crippen LogP contribution in [0.4, 0.5) is 4.39 Å². The summed E-state index contributed by atoms with van der Waals surface area (Å²) >= 11 is 4.81. The summed E-state index contributed by atoms with van der Waals surface area (Å²) in [5, 5.41) is 0. The van der Waals surface area contributed by atoms with Crippen molar-refractivity contribution < 1.29 is 23.4 Å². The molecule has 0 radical (unpaired) electrons. The zero-order valence-corrected chi connectivity index (χ0v) is 25.8. The molecule has 1 aromatic heterocycles. The number of aryl methyl sites for hydroxylation is 1. The number of benzene rings is 3. The Labute approximate surface area is 254 Å². The number of hydrogen-bond donors (Lipinski definition) is 0. The Bertz CT molecular complexity index is 1860. The van der Waals surface area contributed by atoms with Gasteiger partial charge in [0.15, 0.2) is 16.3 Å². The number of thiazole rings is 1. The lowest BCUT2D eigenvalue weighted by Crippen LogP contribution is -2.39. The number of halogens is 2. The number of fused-ring (bicyclic) bond motifs is 1. The van der Waals surface area contributed by atoms with Crippen LogP contribution >= 0.6 is 27.3 Å². The third-order valence-electron chi connectivity index (χ3n) is 6.76. The van der Waals surface area contributed by atoms with Crippen molar-refractivity contribution in [2.24, 2.45) is 4.99 Å². The maximum absolute atomic E-state index is 13.9. The Morgan fingerprint density at radius 1 is 1.12 bits per heavy atom. The Morgan fingerprint density at radius 3 is 2.50 bits per heavy atom. The van der Waals surface area contributed by atoms with Gasteiger partial charge in [-0.1, -0.05) is 53.3 Å². The molecule has 0 unspecified atom stereocenters. The van der Waals surface area contributed by atoms with Crippen molar-refractivity contribution in [1.29, 1.82) is 0 Å². The number of esters is 1. The van der Waals surface area contributed by atoms with E-state index in [1.807, 2.05) is 37.3 Å². The quantitative estimate of drug-likeness (QED) is 0.232. The number of hydrogen-bond acceptors (Lipinski definition) is 7. The highest BCUT2D eigenvalue weighted by Crippen LogP contribution is 2.37. The van der Waals surface area contributed by atoms with Gasteiger partial charge in [0.2, 0.25) is 0 Å². The summed E-state index contributed by atoms with van der Waals surface area (Å²) in [4.78, 5) is 32.1. The van der Waals surface area contributed by atoms with Crippen molar-refractivity contribution in [3.05, 3.63) is 124 Å². The highest BCUT2D eigenvalue weighted by atomic mass is 79.9. The number of allylic oxidation sites excluding steroid dienone is 1. The van der Waals surface area contributed by atoms with E-state index >= 15 is 0 Å². The molecule has 5 rings (SSSR count). The van der Waals surface area contributed by atoms with E-state index in [9.17, 15) is 14.0 Å². The van der Waals surface area contributed by atoms with Crippen molar-refractivity contribution in [2.75, 3.05) is 13.7 Å². The predicted octanol–water partition coefficient (Wildman–Crippen LogP) is 5.60. The summed E-state index contributed by atoms with van der Waals surface area (Å²) in [7, 11) is 1.53. The fraction of sp³-hybridized carbons (Fsp3) is 0.219. The maximum Gasteiger partial charge on any atom is 0.338 e. The summed E-state index contributed by atoms with van der Waals surface area (Å²) in [6.45, 7) is 5.91. The summed E-state index contributed by atoms with van der Waals surface area (Å²) in [6, 6.07) is 16.7. The molecule has 0 N–H and O–H groups in total.